The zero-order chi connectivity index (χ0) is 19.6. The summed E-state index contributed by atoms with van der Waals surface area (Å²) in [6, 6.07) is 14.3. The second kappa shape index (κ2) is 10.2. The van der Waals surface area contributed by atoms with E-state index in [9.17, 15) is 9.59 Å². The van der Waals surface area contributed by atoms with Crippen LogP contribution in [0.4, 0.5) is 0 Å². The fourth-order valence-corrected chi connectivity index (χ4v) is 2.21. The first-order chi connectivity index (χ1) is 13.0. The van der Waals surface area contributed by atoms with Gasteiger partial charge in [0, 0.05) is 5.56 Å². The Morgan fingerprint density at radius 1 is 0.926 bits per heavy atom. The Balaban J connectivity index is 1.76. The number of nitrogens with one attached hydrogen (secondary N) is 2. The van der Waals surface area contributed by atoms with E-state index in [1.54, 1.807) is 24.3 Å². The van der Waals surface area contributed by atoms with Gasteiger partial charge in [-0.05, 0) is 61.7 Å². The van der Waals surface area contributed by atoms with Crippen molar-refractivity contribution < 1.29 is 19.1 Å². The first-order valence-corrected chi connectivity index (χ1v) is 9.09. The van der Waals surface area contributed by atoms with Crippen molar-refractivity contribution >= 4 is 11.8 Å². The third-order valence-electron chi connectivity index (χ3n) is 4.05. The van der Waals surface area contributed by atoms with Gasteiger partial charge >= 0.3 is 0 Å². The van der Waals surface area contributed by atoms with Gasteiger partial charge in [0.1, 0.15) is 11.5 Å². The van der Waals surface area contributed by atoms with Gasteiger partial charge in [-0.25, -0.2) is 0 Å². The van der Waals surface area contributed by atoms with Gasteiger partial charge in [0.15, 0.2) is 6.61 Å². The maximum atomic E-state index is 12.1. The average molecular weight is 370 g/mol. The number of aryl methyl sites for hydroxylation is 1. The molecule has 2 aromatic rings. The molecule has 144 valence electrons. The molecule has 2 N–H and O–H groups in total. The SMILES string of the molecule is CCc1ccc(OCC(=O)NNC(=O)c2ccc(OC(C)CC)cc2)cc1. The van der Waals surface area contributed by atoms with Gasteiger partial charge in [-0.15, -0.1) is 0 Å². The Kier molecular flexibility index (Phi) is 7.67. The number of benzene rings is 2. The molecule has 0 bridgehead atoms. The zero-order valence-corrected chi connectivity index (χ0v) is 16.0. The minimum Gasteiger partial charge on any atom is -0.491 e. The fraction of sp³-hybridized carbons (Fsp3) is 0.333. The smallest absolute Gasteiger partial charge is 0.276 e. The summed E-state index contributed by atoms with van der Waals surface area (Å²) in [5.41, 5.74) is 6.31. The van der Waals surface area contributed by atoms with E-state index in [1.807, 2.05) is 38.1 Å². The van der Waals surface area contributed by atoms with Crippen LogP contribution in [-0.2, 0) is 11.2 Å². The van der Waals surface area contributed by atoms with E-state index in [1.165, 1.54) is 5.56 Å². The van der Waals surface area contributed by atoms with E-state index in [2.05, 4.69) is 17.8 Å². The molecule has 6 nitrogen and oxygen atoms in total. The van der Waals surface area contributed by atoms with Crippen molar-refractivity contribution in [3.63, 3.8) is 0 Å². The van der Waals surface area contributed by atoms with Gasteiger partial charge in [-0.1, -0.05) is 26.0 Å². The molecule has 0 aromatic heterocycles. The topological polar surface area (TPSA) is 76.7 Å². The van der Waals surface area contributed by atoms with E-state index < -0.39 is 11.8 Å². The number of hydrazine groups is 1. The Hall–Kier alpha value is -3.02. The third kappa shape index (κ3) is 6.66. The van der Waals surface area contributed by atoms with Crippen LogP contribution in [0, 0.1) is 0 Å². The van der Waals surface area contributed by atoms with E-state index in [0.29, 0.717) is 17.1 Å². The molecule has 0 aliphatic heterocycles. The lowest BCUT2D eigenvalue weighted by atomic mass is 10.2. The molecule has 2 aromatic carbocycles. The number of rotatable bonds is 8. The maximum absolute atomic E-state index is 12.1. The van der Waals surface area contributed by atoms with Gasteiger partial charge in [0.05, 0.1) is 6.10 Å². The summed E-state index contributed by atoms with van der Waals surface area (Å²) in [6.45, 7) is 5.90. The summed E-state index contributed by atoms with van der Waals surface area (Å²) in [7, 11) is 0. The molecule has 0 aliphatic rings. The van der Waals surface area contributed by atoms with E-state index in [4.69, 9.17) is 9.47 Å². The summed E-state index contributed by atoms with van der Waals surface area (Å²) < 4.78 is 11.1. The molecule has 0 spiro atoms. The normalized spacial score (nSPS) is 11.4. The van der Waals surface area contributed by atoms with Crippen LogP contribution in [-0.4, -0.2) is 24.5 Å². The standard InChI is InChI=1S/C21H26N2O4/c1-4-15(3)27-19-12-8-17(9-13-19)21(25)23-22-20(24)14-26-18-10-6-16(5-2)7-11-18/h6-13,15H,4-5,14H2,1-3H3,(H,22,24)(H,23,25). The number of ether oxygens (including phenoxy) is 2. The van der Waals surface area contributed by atoms with Crippen LogP contribution in [0.3, 0.4) is 0 Å². The number of carbonyl (C=O) groups is 2. The predicted octanol–water partition coefficient (Wildman–Crippen LogP) is 3.27. The van der Waals surface area contributed by atoms with Crippen LogP contribution in [0.2, 0.25) is 0 Å². The summed E-state index contributed by atoms with van der Waals surface area (Å²) in [6.07, 6.45) is 1.96. The Labute approximate surface area is 159 Å². The molecule has 27 heavy (non-hydrogen) atoms. The lowest BCUT2D eigenvalue weighted by Gasteiger charge is -2.13. The molecular weight excluding hydrogens is 344 g/mol. The minimum absolute atomic E-state index is 0.113. The van der Waals surface area contributed by atoms with Crippen molar-refractivity contribution in [2.24, 2.45) is 0 Å². The van der Waals surface area contributed by atoms with E-state index in [0.717, 1.165) is 12.8 Å². The first-order valence-electron chi connectivity index (χ1n) is 9.09. The highest BCUT2D eigenvalue weighted by atomic mass is 16.5. The molecule has 0 saturated heterocycles. The summed E-state index contributed by atoms with van der Waals surface area (Å²) >= 11 is 0. The van der Waals surface area contributed by atoms with Crippen molar-refractivity contribution in [3.05, 3.63) is 59.7 Å². The third-order valence-corrected chi connectivity index (χ3v) is 4.05. The highest BCUT2D eigenvalue weighted by molar-refractivity contribution is 5.95. The number of hydrogen-bond donors (Lipinski definition) is 2. The molecular formula is C21H26N2O4. The van der Waals surface area contributed by atoms with Gasteiger partial charge in [-0.2, -0.15) is 0 Å². The van der Waals surface area contributed by atoms with Crippen LogP contribution in [0.15, 0.2) is 48.5 Å². The average Bonchev–Trinajstić information content (AvgIpc) is 2.71. The molecule has 1 atom stereocenters. The molecule has 0 aliphatic carbocycles. The molecule has 0 heterocycles. The van der Waals surface area contributed by atoms with Crippen LogP contribution in [0.5, 0.6) is 11.5 Å². The Morgan fingerprint density at radius 3 is 2.15 bits per heavy atom. The van der Waals surface area contributed by atoms with Gasteiger partial charge in [0.2, 0.25) is 0 Å². The van der Waals surface area contributed by atoms with Crippen LogP contribution in [0.25, 0.3) is 0 Å². The summed E-state index contributed by atoms with van der Waals surface area (Å²) in [5.74, 6) is 0.448. The van der Waals surface area contributed by atoms with Gasteiger partial charge < -0.3 is 9.47 Å². The number of hydrogen-bond acceptors (Lipinski definition) is 4. The maximum Gasteiger partial charge on any atom is 0.276 e. The highest BCUT2D eigenvalue weighted by Gasteiger charge is 2.09. The van der Waals surface area contributed by atoms with Crippen LogP contribution < -0.4 is 20.3 Å². The van der Waals surface area contributed by atoms with Gasteiger partial charge in [0.25, 0.3) is 11.8 Å². The molecule has 2 rings (SSSR count). The lowest BCUT2D eigenvalue weighted by molar-refractivity contribution is -0.123. The van der Waals surface area contributed by atoms with Gasteiger partial charge in [-0.3, -0.25) is 20.4 Å². The monoisotopic (exact) mass is 370 g/mol. The Bertz CT molecular complexity index is 742. The van der Waals surface area contributed by atoms with Crippen molar-refractivity contribution in [2.45, 2.75) is 39.7 Å². The lowest BCUT2D eigenvalue weighted by Crippen LogP contribution is -2.43. The first kappa shape index (κ1) is 20.3. The number of carbonyl (C=O) groups excluding carboxylic acids is 2. The molecule has 6 heteroatoms. The second-order valence-corrected chi connectivity index (χ2v) is 6.15. The summed E-state index contributed by atoms with van der Waals surface area (Å²) in [4.78, 5) is 23.9. The molecule has 0 fully saturated rings. The van der Waals surface area contributed by atoms with Crippen molar-refractivity contribution in [1.29, 1.82) is 0 Å². The predicted molar refractivity (Wildman–Crippen MR) is 104 cm³/mol. The molecule has 0 radical (unpaired) electrons. The van der Waals surface area contributed by atoms with Crippen LogP contribution in [0.1, 0.15) is 43.1 Å². The fourth-order valence-electron chi connectivity index (χ4n) is 2.21. The summed E-state index contributed by atoms with van der Waals surface area (Å²) in [5, 5.41) is 0. The Morgan fingerprint density at radius 2 is 1.56 bits per heavy atom. The molecule has 2 amide bonds. The largest absolute Gasteiger partial charge is 0.491 e. The van der Waals surface area contributed by atoms with Crippen molar-refractivity contribution in [1.82, 2.24) is 10.9 Å². The zero-order valence-electron chi connectivity index (χ0n) is 16.0. The minimum atomic E-state index is -0.445. The van der Waals surface area contributed by atoms with Crippen molar-refractivity contribution in [3.8, 4) is 11.5 Å². The number of amides is 2. The molecule has 0 saturated carbocycles. The van der Waals surface area contributed by atoms with E-state index >= 15 is 0 Å². The highest BCUT2D eigenvalue weighted by Crippen LogP contribution is 2.15. The van der Waals surface area contributed by atoms with Crippen molar-refractivity contribution in [2.75, 3.05) is 6.61 Å². The van der Waals surface area contributed by atoms with E-state index in [-0.39, 0.29) is 12.7 Å². The molecule has 1 unspecified atom stereocenters. The van der Waals surface area contributed by atoms with Crippen LogP contribution >= 0.6 is 0 Å². The quantitative estimate of drug-likeness (QED) is 0.699. The second-order valence-electron chi connectivity index (χ2n) is 6.15.